The molecule has 33 heavy (non-hydrogen) atoms. The number of hydrogen-bond donors (Lipinski definition) is 0. The van der Waals surface area contributed by atoms with Gasteiger partial charge in [-0.1, -0.05) is 61.2 Å². The molecule has 0 spiro atoms. The van der Waals surface area contributed by atoms with Crippen molar-refractivity contribution < 1.29 is 18.9 Å². The average molecular weight is 459 g/mol. The number of allylic oxidation sites excluding steroid dienone is 3. The first-order valence-corrected chi connectivity index (χ1v) is 12.1. The van der Waals surface area contributed by atoms with E-state index in [1.165, 1.54) is 11.1 Å². The van der Waals surface area contributed by atoms with Crippen molar-refractivity contribution in [2.75, 3.05) is 85.6 Å². The molecule has 1 fully saturated rings. The second-order valence-corrected chi connectivity index (χ2v) is 7.95. The van der Waals surface area contributed by atoms with Gasteiger partial charge in [0.15, 0.2) is 0 Å². The van der Waals surface area contributed by atoms with Crippen LogP contribution in [0.3, 0.4) is 0 Å². The summed E-state index contributed by atoms with van der Waals surface area (Å²) in [6, 6.07) is 10.5. The highest BCUT2D eigenvalue weighted by Crippen LogP contribution is 2.05. The normalized spacial score (nSPS) is 20.3. The lowest BCUT2D eigenvalue weighted by molar-refractivity contribution is 0.00819. The van der Waals surface area contributed by atoms with E-state index in [2.05, 4.69) is 59.7 Å². The van der Waals surface area contributed by atoms with Crippen LogP contribution >= 0.6 is 0 Å². The molecule has 1 saturated heterocycles. The second-order valence-electron chi connectivity index (χ2n) is 7.95. The van der Waals surface area contributed by atoms with E-state index in [0.29, 0.717) is 52.9 Å². The Hall–Kier alpha value is -1.80. The first kappa shape index (κ1) is 27.4. The van der Waals surface area contributed by atoms with Crippen molar-refractivity contribution in [3.05, 3.63) is 72.4 Å². The molecule has 1 aromatic rings. The fourth-order valence-corrected chi connectivity index (χ4v) is 3.49. The Labute approximate surface area is 200 Å². The fraction of sp³-hybridized carbons (Fsp3) is 0.556. The molecule has 6 nitrogen and oxygen atoms in total. The standard InChI is InChI=1S/C27H42N2O4/c1-3-5-9-26(4-2)24-28-12-16-30-20-22-32-18-14-29(25-27-10-7-6-8-11-27)15-19-33-23-21-31-17-13-28/h3-11H,1,12-25H2,2H3/b9-5-,26-4+. The molecule has 2 rings (SSSR count). The van der Waals surface area contributed by atoms with Gasteiger partial charge in [-0.25, -0.2) is 0 Å². The number of ether oxygens (including phenoxy) is 4. The van der Waals surface area contributed by atoms with Crippen LogP contribution in [0.2, 0.25) is 0 Å². The molecule has 0 aliphatic carbocycles. The van der Waals surface area contributed by atoms with E-state index in [1.807, 2.05) is 12.1 Å². The second kappa shape index (κ2) is 18.6. The van der Waals surface area contributed by atoms with E-state index in [-0.39, 0.29) is 0 Å². The first-order chi connectivity index (χ1) is 16.3. The van der Waals surface area contributed by atoms with Crippen molar-refractivity contribution in [1.29, 1.82) is 0 Å². The number of hydrogen-bond acceptors (Lipinski definition) is 6. The Morgan fingerprint density at radius 2 is 1.30 bits per heavy atom. The van der Waals surface area contributed by atoms with Gasteiger partial charge < -0.3 is 18.9 Å². The third-order valence-electron chi connectivity index (χ3n) is 5.42. The van der Waals surface area contributed by atoms with Crippen LogP contribution in [0.15, 0.2) is 66.8 Å². The third-order valence-corrected chi connectivity index (χ3v) is 5.42. The van der Waals surface area contributed by atoms with Crippen LogP contribution in [-0.2, 0) is 25.5 Å². The van der Waals surface area contributed by atoms with Crippen molar-refractivity contribution in [2.45, 2.75) is 13.5 Å². The van der Waals surface area contributed by atoms with Crippen molar-refractivity contribution in [3.8, 4) is 0 Å². The number of nitrogens with zero attached hydrogens (tertiary/aromatic N) is 2. The quantitative estimate of drug-likeness (QED) is 0.608. The minimum absolute atomic E-state index is 0.610. The van der Waals surface area contributed by atoms with E-state index in [9.17, 15) is 0 Å². The van der Waals surface area contributed by atoms with Crippen molar-refractivity contribution >= 4 is 0 Å². The molecule has 0 saturated carbocycles. The maximum Gasteiger partial charge on any atom is 0.0701 e. The SMILES string of the molecule is C=C/C=C\C(=C/C)CN1CCOCCOCCN(Cc2ccccc2)CCOCCOCC1. The molecule has 1 aromatic carbocycles. The fourth-order valence-electron chi connectivity index (χ4n) is 3.49. The van der Waals surface area contributed by atoms with Gasteiger partial charge in [-0.15, -0.1) is 0 Å². The summed E-state index contributed by atoms with van der Waals surface area (Å²) in [5, 5.41) is 0. The highest BCUT2D eigenvalue weighted by molar-refractivity contribution is 5.22. The van der Waals surface area contributed by atoms with Gasteiger partial charge >= 0.3 is 0 Å². The Kier molecular flexibility index (Phi) is 15.5. The van der Waals surface area contributed by atoms with Crippen molar-refractivity contribution in [3.63, 3.8) is 0 Å². The minimum Gasteiger partial charge on any atom is -0.378 e. The van der Waals surface area contributed by atoms with Crippen molar-refractivity contribution in [1.82, 2.24) is 9.80 Å². The zero-order valence-corrected chi connectivity index (χ0v) is 20.3. The van der Waals surface area contributed by atoms with E-state index in [0.717, 1.165) is 39.3 Å². The number of rotatable bonds is 6. The Bertz CT molecular complexity index is 658. The van der Waals surface area contributed by atoms with Gasteiger partial charge in [0, 0.05) is 39.3 Å². The molecule has 0 amide bonds. The van der Waals surface area contributed by atoms with Gasteiger partial charge in [-0.3, -0.25) is 9.80 Å². The van der Waals surface area contributed by atoms with Crippen LogP contribution in [0.4, 0.5) is 0 Å². The molecule has 1 aliphatic heterocycles. The first-order valence-electron chi connectivity index (χ1n) is 12.1. The summed E-state index contributed by atoms with van der Waals surface area (Å²) in [5.41, 5.74) is 2.56. The van der Waals surface area contributed by atoms with Gasteiger partial charge in [0.05, 0.1) is 52.9 Å². The molecule has 1 heterocycles. The molecule has 0 radical (unpaired) electrons. The van der Waals surface area contributed by atoms with Gasteiger partial charge in [0.25, 0.3) is 0 Å². The number of benzene rings is 1. The summed E-state index contributed by atoms with van der Waals surface area (Å²) in [5.74, 6) is 0. The lowest BCUT2D eigenvalue weighted by Crippen LogP contribution is -2.34. The van der Waals surface area contributed by atoms with E-state index in [1.54, 1.807) is 6.08 Å². The molecule has 6 heteroatoms. The predicted molar refractivity (Wildman–Crippen MR) is 135 cm³/mol. The van der Waals surface area contributed by atoms with Crippen molar-refractivity contribution in [2.24, 2.45) is 0 Å². The van der Waals surface area contributed by atoms with Gasteiger partial charge in [0.2, 0.25) is 0 Å². The minimum atomic E-state index is 0.610. The summed E-state index contributed by atoms with van der Waals surface area (Å²) in [7, 11) is 0. The summed E-state index contributed by atoms with van der Waals surface area (Å²) in [6.45, 7) is 16.2. The average Bonchev–Trinajstić information content (AvgIpc) is 2.84. The topological polar surface area (TPSA) is 43.4 Å². The van der Waals surface area contributed by atoms with Crippen LogP contribution in [0.25, 0.3) is 0 Å². The Morgan fingerprint density at radius 1 is 0.788 bits per heavy atom. The smallest absolute Gasteiger partial charge is 0.0701 e. The van der Waals surface area contributed by atoms with Crippen LogP contribution in [0, 0.1) is 0 Å². The van der Waals surface area contributed by atoms with Gasteiger partial charge in [0.1, 0.15) is 0 Å². The predicted octanol–water partition coefficient (Wildman–Crippen LogP) is 3.56. The van der Waals surface area contributed by atoms with E-state index in [4.69, 9.17) is 18.9 Å². The van der Waals surface area contributed by atoms with E-state index >= 15 is 0 Å². The van der Waals surface area contributed by atoms with Crippen LogP contribution < -0.4 is 0 Å². The summed E-state index contributed by atoms with van der Waals surface area (Å²) >= 11 is 0. The zero-order valence-electron chi connectivity index (χ0n) is 20.3. The molecular formula is C27H42N2O4. The molecular weight excluding hydrogens is 416 g/mol. The molecule has 0 atom stereocenters. The highest BCUT2D eigenvalue weighted by Gasteiger charge is 2.09. The Morgan fingerprint density at radius 3 is 1.79 bits per heavy atom. The van der Waals surface area contributed by atoms with Crippen LogP contribution in [-0.4, -0.2) is 95.4 Å². The lowest BCUT2D eigenvalue weighted by atomic mass is 10.2. The van der Waals surface area contributed by atoms with Gasteiger partial charge in [-0.2, -0.15) is 0 Å². The molecule has 0 unspecified atom stereocenters. The van der Waals surface area contributed by atoms with E-state index < -0.39 is 0 Å². The summed E-state index contributed by atoms with van der Waals surface area (Å²) in [6.07, 6.45) is 8.01. The molecule has 0 N–H and O–H groups in total. The summed E-state index contributed by atoms with van der Waals surface area (Å²) < 4.78 is 23.3. The third kappa shape index (κ3) is 13.5. The van der Waals surface area contributed by atoms with Gasteiger partial charge in [-0.05, 0) is 18.1 Å². The van der Waals surface area contributed by atoms with Crippen LogP contribution in [0.5, 0.6) is 0 Å². The monoisotopic (exact) mass is 458 g/mol. The molecule has 1 aliphatic rings. The summed E-state index contributed by atoms with van der Waals surface area (Å²) in [4.78, 5) is 4.73. The van der Waals surface area contributed by atoms with Crippen LogP contribution in [0.1, 0.15) is 12.5 Å². The zero-order chi connectivity index (χ0) is 23.4. The highest BCUT2D eigenvalue weighted by atomic mass is 16.5. The maximum atomic E-state index is 5.83. The Balaban J connectivity index is 1.80. The maximum absolute atomic E-state index is 5.83. The lowest BCUT2D eigenvalue weighted by Gasteiger charge is -2.24. The molecule has 0 bridgehead atoms. The largest absolute Gasteiger partial charge is 0.378 e. The molecule has 184 valence electrons. The molecule has 0 aromatic heterocycles.